The third-order valence-electron chi connectivity index (χ3n) is 3.63. The predicted molar refractivity (Wildman–Crippen MR) is 73.9 cm³/mol. The van der Waals surface area contributed by atoms with E-state index in [0.717, 1.165) is 24.8 Å². The number of fused-ring (bicyclic) bond motifs is 1. The highest BCUT2D eigenvalue weighted by Crippen LogP contribution is 2.22. The predicted octanol–water partition coefficient (Wildman–Crippen LogP) is 0.466. The molecule has 0 aliphatic carbocycles. The lowest BCUT2D eigenvalue weighted by atomic mass is 10.2. The second-order valence-corrected chi connectivity index (χ2v) is 5.32. The Balaban J connectivity index is 1.91. The van der Waals surface area contributed by atoms with Crippen molar-refractivity contribution in [2.75, 3.05) is 6.54 Å². The van der Waals surface area contributed by atoms with E-state index in [1.165, 1.54) is 0 Å². The highest BCUT2D eigenvalue weighted by Gasteiger charge is 2.29. The van der Waals surface area contributed by atoms with Crippen LogP contribution >= 0.6 is 11.6 Å². The molecule has 106 valence electrons. The van der Waals surface area contributed by atoms with Crippen LogP contribution in [-0.2, 0) is 18.4 Å². The van der Waals surface area contributed by atoms with Crippen LogP contribution in [0.25, 0.3) is 11.0 Å². The van der Waals surface area contributed by atoms with Crippen LogP contribution in [0.4, 0.5) is 0 Å². The van der Waals surface area contributed by atoms with Crippen LogP contribution in [0, 0.1) is 0 Å². The lowest BCUT2D eigenvalue weighted by Gasteiger charge is -2.20. The van der Waals surface area contributed by atoms with Crippen molar-refractivity contribution < 1.29 is 4.79 Å². The van der Waals surface area contributed by atoms with E-state index in [2.05, 4.69) is 15.1 Å². The van der Waals surface area contributed by atoms with Gasteiger partial charge in [0.1, 0.15) is 11.0 Å². The number of carbonyl (C=O) groups is 1. The largest absolute Gasteiger partial charge is 0.368 e. The van der Waals surface area contributed by atoms with E-state index < -0.39 is 0 Å². The molecule has 2 N–H and O–H groups in total. The highest BCUT2D eigenvalue weighted by atomic mass is 35.5. The molecule has 20 heavy (non-hydrogen) atoms. The normalized spacial score (nSPS) is 19.8. The van der Waals surface area contributed by atoms with Gasteiger partial charge in [0, 0.05) is 7.05 Å². The molecule has 2 aromatic rings. The molecule has 1 saturated heterocycles. The van der Waals surface area contributed by atoms with Crippen molar-refractivity contribution in [1.82, 2.24) is 24.6 Å². The van der Waals surface area contributed by atoms with Crippen LogP contribution in [-0.4, -0.2) is 43.1 Å². The van der Waals surface area contributed by atoms with Crippen molar-refractivity contribution in [2.45, 2.75) is 25.4 Å². The van der Waals surface area contributed by atoms with Gasteiger partial charge in [-0.3, -0.25) is 14.4 Å². The molecule has 7 nitrogen and oxygen atoms in total. The summed E-state index contributed by atoms with van der Waals surface area (Å²) in [5.41, 5.74) is 6.10. The summed E-state index contributed by atoms with van der Waals surface area (Å²) in [5.74, 6) is 0.287. The maximum atomic E-state index is 11.4. The number of primary amides is 1. The summed E-state index contributed by atoms with van der Waals surface area (Å²) in [5, 5.41) is 5.22. The van der Waals surface area contributed by atoms with Crippen molar-refractivity contribution in [1.29, 1.82) is 0 Å². The van der Waals surface area contributed by atoms with Crippen LogP contribution in [0.15, 0.2) is 6.20 Å². The van der Waals surface area contributed by atoms with E-state index >= 15 is 0 Å². The van der Waals surface area contributed by atoms with Gasteiger partial charge in [-0.1, -0.05) is 11.6 Å². The minimum Gasteiger partial charge on any atom is -0.368 e. The van der Waals surface area contributed by atoms with E-state index in [4.69, 9.17) is 17.3 Å². The van der Waals surface area contributed by atoms with E-state index in [-0.39, 0.29) is 11.9 Å². The number of hydrogen-bond donors (Lipinski definition) is 1. The standard InChI is InChI=1S/C12H15ClN6O/c1-18-12-7(5-15-18)10(13)16-9(17-12)6-19-4-2-3-8(19)11(14)20/h5,8H,2-4,6H2,1H3,(H2,14,20). The Labute approximate surface area is 120 Å². The topological polar surface area (TPSA) is 89.9 Å². The Morgan fingerprint density at radius 2 is 2.35 bits per heavy atom. The zero-order chi connectivity index (χ0) is 14.3. The number of nitrogens with two attached hydrogens (primary N) is 1. The van der Waals surface area contributed by atoms with Crippen molar-refractivity contribution in [2.24, 2.45) is 12.8 Å². The molecule has 0 bridgehead atoms. The number of halogens is 1. The molecule has 3 rings (SSSR count). The lowest BCUT2D eigenvalue weighted by molar-refractivity contribution is -0.122. The summed E-state index contributed by atoms with van der Waals surface area (Å²) in [6.45, 7) is 1.28. The van der Waals surface area contributed by atoms with Crippen LogP contribution in [0.3, 0.4) is 0 Å². The number of likely N-dealkylation sites (tertiary alicyclic amines) is 1. The number of nitrogens with zero attached hydrogens (tertiary/aromatic N) is 5. The highest BCUT2D eigenvalue weighted by molar-refractivity contribution is 6.33. The van der Waals surface area contributed by atoms with Crippen LogP contribution in [0.5, 0.6) is 0 Å². The number of amides is 1. The quantitative estimate of drug-likeness (QED) is 0.831. The van der Waals surface area contributed by atoms with Crippen molar-refractivity contribution in [3.05, 3.63) is 17.2 Å². The van der Waals surface area contributed by atoms with Gasteiger partial charge in [-0.25, -0.2) is 9.97 Å². The monoisotopic (exact) mass is 294 g/mol. The van der Waals surface area contributed by atoms with Crippen LogP contribution in [0.2, 0.25) is 5.15 Å². The maximum Gasteiger partial charge on any atom is 0.234 e. The van der Waals surface area contributed by atoms with Gasteiger partial charge in [-0.05, 0) is 19.4 Å². The summed E-state index contributed by atoms with van der Waals surface area (Å²) < 4.78 is 1.65. The zero-order valence-electron chi connectivity index (χ0n) is 11.1. The number of aryl methyl sites for hydroxylation is 1. The minimum atomic E-state index is -0.296. The molecular weight excluding hydrogens is 280 g/mol. The van der Waals surface area contributed by atoms with E-state index in [0.29, 0.717) is 23.2 Å². The lowest BCUT2D eigenvalue weighted by Crippen LogP contribution is -2.40. The van der Waals surface area contributed by atoms with Gasteiger partial charge >= 0.3 is 0 Å². The first-order valence-corrected chi connectivity index (χ1v) is 6.81. The summed E-state index contributed by atoms with van der Waals surface area (Å²) >= 11 is 6.15. The first kappa shape index (κ1) is 13.3. The van der Waals surface area contributed by atoms with Crippen molar-refractivity contribution in [3.8, 4) is 0 Å². The zero-order valence-corrected chi connectivity index (χ0v) is 11.8. The SMILES string of the molecule is Cn1ncc2c(Cl)nc(CN3CCCC3C(N)=O)nc21. The molecule has 1 atom stereocenters. The Morgan fingerprint density at radius 3 is 3.10 bits per heavy atom. The molecule has 3 heterocycles. The second kappa shape index (κ2) is 4.99. The third-order valence-corrected chi connectivity index (χ3v) is 3.92. The molecule has 0 aromatic carbocycles. The van der Waals surface area contributed by atoms with Gasteiger partial charge in [0.2, 0.25) is 5.91 Å². The molecule has 0 radical (unpaired) electrons. The molecule has 1 fully saturated rings. The number of carbonyl (C=O) groups excluding carboxylic acids is 1. The van der Waals surface area contributed by atoms with E-state index in [1.807, 2.05) is 4.90 Å². The molecule has 1 aliphatic rings. The Morgan fingerprint density at radius 1 is 1.55 bits per heavy atom. The maximum absolute atomic E-state index is 11.4. The number of hydrogen-bond acceptors (Lipinski definition) is 5. The molecule has 8 heteroatoms. The summed E-state index contributed by atoms with van der Waals surface area (Å²) in [7, 11) is 1.80. The Bertz CT molecular complexity index is 669. The number of rotatable bonds is 3. The first-order valence-electron chi connectivity index (χ1n) is 6.44. The fourth-order valence-corrected chi connectivity index (χ4v) is 2.85. The molecule has 1 unspecified atom stereocenters. The fourth-order valence-electron chi connectivity index (χ4n) is 2.62. The van der Waals surface area contributed by atoms with Gasteiger partial charge < -0.3 is 5.73 Å². The summed E-state index contributed by atoms with van der Waals surface area (Å²) in [6.07, 6.45) is 3.38. The molecule has 1 amide bonds. The smallest absolute Gasteiger partial charge is 0.234 e. The molecule has 2 aromatic heterocycles. The minimum absolute atomic E-state index is 0.236. The molecule has 0 saturated carbocycles. The van der Waals surface area contributed by atoms with Crippen molar-refractivity contribution in [3.63, 3.8) is 0 Å². The van der Waals surface area contributed by atoms with Gasteiger partial charge in [0.05, 0.1) is 24.2 Å². The summed E-state index contributed by atoms with van der Waals surface area (Å²) in [4.78, 5) is 22.1. The van der Waals surface area contributed by atoms with E-state index in [1.54, 1.807) is 17.9 Å². The second-order valence-electron chi connectivity index (χ2n) is 4.97. The molecule has 1 aliphatic heterocycles. The number of aromatic nitrogens is 4. The van der Waals surface area contributed by atoms with Gasteiger partial charge in [-0.2, -0.15) is 5.10 Å². The van der Waals surface area contributed by atoms with Crippen LogP contribution < -0.4 is 5.73 Å². The average Bonchev–Trinajstić information content (AvgIpc) is 2.98. The van der Waals surface area contributed by atoms with Crippen molar-refractivity contribution >= 4 is 28.5 Å². The van der Waals surface area contributed by atoms with Gasteiger partial charge in [-0.15, -0.1) is 0 Å². The van der Waals surface area contributed by atoms with E-state index in [9.17, 15) is 4.79 Å². The first-order chi connectivity index (χ1) is 9.56. The Kier molecular flexibility index (Phi) is 3.31. The van der Waals surface area contributed by atoms with Crippen LogP contribution in [0.1, 0.15) is 18.7 Å². The molecule has 0 spiro atoms. The van der Waals surface area contributed by atoms with Gasteiger partial charge in [0.25, 0.3) is 0 Å². The summed E-state index contributed by atoms with van der Waals surface area (Å²) in [6, 6.07) is -0.236. The van der Waals surface area contributed by atoms with Gasteiger partial charge in [0.15, 0.2) is 5.65 Å². The third kappa shape index (κ3) is 2.23. The fraction of sp³-hybridized carbons (Fsp3) is 0.500. The Hall–Kier alpha value is -1.73. The average molecular weight is 295 g/mol. The molecular formula is C12H15ClN6O.